The van der Waals surface area contributed by atoms with E-state index in [2.05, 4.69) is 5.32 Å². The fraction of sp³-hybridized carbons (Fsp3) is 0.350. The van der Waals surface area contributed by atoms with E-state index in [0.29, 0.717) is 31.1 Å². The highest BCUT2D eigenvalue weighted by atomic mass is 16.5. The number of amides is 1. The van der Waals surface area contributed by atoms with E-state index < -0.39 is 0 Å². The van der Waals surface area contributed by atoms with Crippen LogP contribution in [0.15, 0.2) is 54.6 Å². The Morgan fingerprint density at radius 2 is 1.68 bits per heavy atom. The van der Waals surface area contributed by atoms with Crippen LogP contribution in [0.3, 0.4) is 0 Å². The Morgan fingerprint density at radius 3 is 2.32 bits per heavy atom. The summed E-state index contributed by atoms with van der Waals surface area (Å²) in [5.74, 6) is 1.45. The van der Waals surface area contributed by atoms with Crippen molar-refractivity contribution in [1.82, 2.24) is 5.32 Å². The molecule has 25 heavy (non-hydrogen) atoms. The molecule has 1 aliphatic rings. The summed E-state index contributed by atoms with van der Waals surface area (Å²) in [4.78, 5) is 12.1. The van der Waals surface area contributed by atoms with Gasteiger partial charge in [0.15, 0.2) is 0 Å². The van der Waals surface area contributed by atoms with Crippen LogP contribution in [-0.2, 0) is 4.74 Å². The molecule has 3 rings (SSSR count). The Bertz CT molecular complexity index is 651. The smallest absolute Gasteiger partial charge is 0.251 e. The molecule has 5 heteroatoms. The van der Waals surface area contributed by atoms with Crippen LogP contribution < -0.4 is 14.8 Å². The highest BCUT2D eigenvalue weighted by molar-refractivity contribution is 5.94. The minimum atomic E-state index is -0.0885. The third kappa shape index (κ3) is 5.50. The first kappa shape index (κ1) is 17.3. The Balaban J connectivity index is 1.38. The fourth-order valence-corrected chi connectivity index (χ4v) is 2.65. The van der Waals surface area contributed by atoms with Crippen molar-refractivity contribution >= 4 is 5.91 Å². The van der Waals surface area contributed by atoms with Crippen LogP contribution in [0, 0.1) is 0 Å². The molecule has 1 heterocycles. The van der Waals surface area contributed by atoms with Crippen molar-refractivity contribution in [3.63, 3.8) is 0 Å². The summed E-state index contributed by atoms with van der Waals surface area (Å²) in [6.45, 7) is 2.27. The van der Waals surface area contributed by atoms with Gasteiger partial charge in [-0.1, -0.05) is 18.2 Å². The maximum Gasteiger partial charge on any atom is 0.251 e. The van der Waals surface area contributed by atoms with Crippen molar-refractivity contribution in [3.05, 3.63) is 60.2 Å². The number of hydrogen-bond acceptors (Lipinski definition) is 4. The molecule has 2 aromatic carbocycles. The van der Waals surface area contributed by atoms with Gasteiger partial charge in [0.2, 0.25) is 0 Å². The summed E-state index contributed by atoms with van der Waals surface area (Å²) in [5, 5.41) is 2.91. The summed E-state index contributed by atoms with van der Waals surface area (Å²) < 4.78 is 16.7. The van der Waals surface area contributed by atoms with Gasteiger partial charge in [0.05, 0.1) is 6.10 Å². The van der Waals surface area contributed by atoms with Gasteiger partial charge in [-0.3, -0.25) is 4.79 Å². The summed E-state index contributed by atoms with van der Waals surface area (Å²) in [6, 6.07) is 16.7. The van der Waals surface area contributed by atoms with Gasteiger partial charge >= 0.3 is 0 Å². The van der Waals surface area contributed by atoms with Crippen molar-refractivity contribution in [3.8, 4) is 11.5 Å². The second kappa shape index (κ2) is 9.08. The molecule has 132 valence electrons. The molecule has 5 nitrogen and oxygen atoms in total. The number of nitrogens with one attached hydrogen (secondary N) is 1. The third-order valence-corrected chi connectivity index (χ3v) is 3.99. The van der Waals surface area contributed by atoms with Crippen LogP contribution in [0.4, 0.5) is 0 Å². The Morgan fingerprint density at radius 1 is 1.00 bits per heavy atom. The molecule has 1 amide bonds. The molecular weight excluding hydrogens is 318 g/mol. The van der Waals surface area contributed by atoms with E-state index in [0.717, 1.165) is 25.2 Å². The molecule has 0 radical (unpaired) electrons. The molecule has 0 aromatic heterocycles. The van der Waals surface area contributed by atoms with Gasteiger partial charge in [-0.15, -0.1) is 0 Å². The Hall–Kier alpha value is -2.53. The Labute approximate surface area is 147 Å². The molecule has 1 fully saturated rings. The van der Waals surface area contributed by atoms with Crippen LogP contribution in [0.2, 0.25) is 0 Å². The van der Waals surface area contributed by atoms with E-state index in [-0.39, 0.29) is 12.0 Å². The predicted octanol–water partition coefficient (Wildman–Crippen LogP) is 3.05. The van der Waals surface area contributed by atoms with Gasteiger partial charge in [0.1, 0.15) is 24.7 Å². The predicted molar refractivity (Wildman–Crippen MR) is 95.2 cm³/mol. The molecule has 0 aliphatic carbocycles. The third-order valence-electron chi connectivity index (χ3n) is 3.99. The lowest BCUT2D eigenvalue weighted by atomic mass is 10.2. The zero-order chi connectivity index (χ0) is 17.3. The SMILES string of the molecule is O=C(NC[C@@H]1CCCO1)c1ccc(OCCOc2ccccc2)cc1. The lowest BCUT2D eigenvalue weighted by molar-refractivity contribution is 0.0857. The summed E-state index contributed by atoms with van der Waals surface area (Å²) in [5.41, 5.74) is 0.617. The lowest BCUT2D eigenvalue weighted by Crippen LogP contribution is -2.31. The molecule has 0 unspecified atom stereocenters. The van der Waals surface area contributed by atoms with E-state index >= 15 is 0 Å². The molecular formula is C20H23NO4. The molecule has 0 saturated carbocycles. The maximum absolute atomic E-state index is 12.1. The summed E-state index contributed by atoms with van der Waals surface area (Å²) in [6.07, 6.45) is 2.23. The number of benzene rings is 2. The van der Waals surface area contributed by atoms with Crippen LogP contribution in [0.5, 0.6) is 11.5 Å². The first-order valence-electron chi connectivity index (χ1n) is 8.62. The molecule has 1 N–H and O–H groups in total. The summed E-state index contributed by atoms with van der Waals surface area (Å²) >= 11 is 0. The lowest BCUT2D eigenvalue weighted by Gasteiger charge is -2.11. The number of carbonyl (C=O) groups excluding carboxylic acids is 1. The van der Waals surface area contributed by atoms with Crippen LogP contribution >= 0.6 is 0 Å². The number of para-hydroxylation sites is 1. The quantitative estimate of drug-likeness (QED) is 0.750. The van der Waals surface area contributed by atoms with Crippen molar-refractivity contribution in [2.75, 3.05) is 26.4 Å². The molecule has 0 spiro atoms. The van der Waals surface area contributed by atoms with Gasteiger partial charge in [-0.2, -0.15) is 0 Å². The number of carbonyl (C=O) groups is 1. The number of rotatable bonds is 8. The standard InChI is InChI=1S/C20H23NO4/c22-20(21-15-19-7-4-12-23-19)16-8-10-18(11-9-16)25-14-13-24-17-5-2-1-3-6-17/h1-3,5-6,8-11,19H,4,7,12-15H2,(H,21,22)/t19-/m0/s1. The number of ether oxygens (including phenoxy) is 3. The van der Waals surface area contributed by atoms with E-state index in [1.165, 1.54) is 0 Å². The maximum atomic E-state index is 12.1. The minimum absolute atomic E-state index is 0.0885. The monoisotopic (exact) mass is 341 g/mol. The molecule has 1 saturated heterocycles. The highest BCUT2D eigenvalue weighted by Crippen LogP contribution is 2.14. The second-order valence-corrected chi connectivity index (χ2v) is 5.88. The summed E-state index contributed by atoms with van der Waals surface area (Å²) in [7, 11) is 0. The zero-order valence-corrected chi connectivity index (χ0v) is 14.1. The fourth-order valence-electron chi connectivity index (χ4n) is 2.65. The van der Waals surface area contributed by atoms with E-state index in [9.17, 15) is 4.79 Å². The van der Waals surface area contributed by atoms with Gasteiger partial charge in [-0.25, -0.2) is 0 Å². The van der Waals surface area contributed by atoms with Crippen LogP contribution in [-0.4, -0.2) is 38.4 Å². The molecule has 1 aliphatic heterocycles. The van der Waals surface area contributed by atoms with Gasteiger partial charge in [-0.05, 0) is 49.2 Å². The topological polar surface area (TPSA) is 56.8 Å². The average molecular weight is 341 g/mol. The van der Waals surface area contributed by atoms with Crippen molar-refractivity contribution in [2.24, 2.45) is 0 Å². The van der Waals surface area contributed by atoms with Crippen molar-refractivity contribution in [2.45, 2.75) is 18.9 Å². The Kier molecular flexibility index (Phi) is 6.29. The molecule has 0 bridgehead atoms. The van der Waals surface area contributed by atoms with Crippen molar-refractivity contribution < 1.29 is 19.0 Å². The normalized spacial score (nSPS) is 16.4. The number of hydrogen-bond donors (Lipinski definition) is 1. The van der Waals surface area contributed by atoms with E-state index in [4.69, 9.17) is 14.2 Å². The molecule has 1 atom stereocenters. The highest BCUT2D eigenvalue weighted by Gasteiger charge is 2.16. The van der Waals surface area contributed by atoms with E-state index in [1.54, 1.807) is 24.3 Å². The van der Waals surface area contributed by atoms with Crippen LogP contribution in [0.1, 0.15) is 23.2 Å². The average Bonchev–Trinajstić information content (AvgIpc) is 3.18. The molecule has 2 aromatic rings. The zero-order valence-electron chi connectivity index (χ0n) is 14.1. The van der Waals surface area contributed by atoms with Gasteiger partial charge in [0.25, 0.3) is 5.91 Å². The van der Waals surface area contributed by atoms with Gasteiger partial charge < -0.3 is 19.5 Å². The van der Waals surface area contributed by atoms with Gasteiger partial charge in [0, 0.05) is 18.7 Å². The first-order valence-corrected chi connectivity index (χ1v) is 8.62. The minimum Gasteiger partial charge on any atom is -0.490 e. The largest absolute Gasteiger partial charge is 0.490 e. The second-order valence-electron chi connectivity index (χ2n) is 5.88. The van der Waals surface area contributed by atoms with Crippen LogP contribution in [0.25, 0.3) is 0 Å². The van der Waals surface area contributed by atoms with Crippen molar-refractivity contribution in [1.29, 1.82) is 0 Å². The van der Waals surface area contributed by atoms with E-state index in [1.807, 2.05) is 30.3 Å². The first-order chi connectivity index (χ1) is 12.3.